The number of aromatic nitrogens is 2. The third-order valence-electron chi connectivity index (χ3n) is 5.95. The highest BCUT2D eigenvalue weighted by atomic mass is 19.3. The molecule has 1 aromatic heterocycles. The van der Waals surface area contributed by atoms with Crippen LogP contribution in [0.5, 0.6) is 11.5 Å². The average molecular weight is 391 g/mol. The van der Waals surface area contributed by atoms with Gasteiger partial charge in [0, 0.05) is 31.0 Å². The fraction of sp³-hybridized carbons (Fsp3) is 0.474. The minimum atomic E-state index is -3.70. The van der Waals surface area contributed by atoms with Crippen LogP contribution in [0.15, 0.2) is 36.9 Å². The monoisotopic (exact) mass is 391 g/mol. The normalized spacial score (nSPS) is 30.3. The summed E-state index contributed by atoms with van der Waals surface area (Å²) in [6.07, 6.45) is 2.42. The zero-order chi connectivity index (χ0) is 19.5. The quantitative estimate of drug-likeness (QED) is 0.850. The molecule has 148 valence electrons. The van der Waals surface area contributed by atoms with Gasteiger partial charge in [0.05, 0.1) is 18.5 Å². The second kappa shape index (κ2) is 6.16. The Morgan fingerprint density at radius 3 is 2.68 bits per heavy atom. The number of likely N-dealkylation sites (tertiary alicyclic amines) is 1. The maximum Gasteiger partial charge on any atom is 0.586 e. The molecule has 1 saturated carbocycles. The summed E-state index contributed by atoms with van der Waals surface area (Å²) in [7, 11) is 0. The number of nitrogens with zero attached hydrogens (tertiary/aromatic N) is 3. The lowest BCUT2D eigenvalue weighted by Gasteiger charge is -2.35. The molecule has 1 aliphatic carbocycles. The van der Waals surface area contributed by atoms with E-state index in [1.165, 1.54) is 18.2 Å². The van der Waals surface area contributed by atoms with Crippen LogP contribution < -0.4 is 9.47 Å². The lowest BCUT2D eigenvalue weighted by atomic mass is 9.77. The summed E-state index contributed by atoms with van der Waals surface area (Å²) in [5.41, 5.74) is 0.283. The zero-order valence-corrected chi connectivity index (χ0v) is 14.9. The van der Waals surface area contributed by atoms with Gasteiger partial charge in [0.15, 0.2) is 11.5 Å². The van der Waals surface area contributed by atoms with Gasteiger partial charge >= 0.3 is 6.29 Å². The summed E-state index contributed by atoms with van der Waals surface area (Å²) in [4.78, 5) is 18.7. The Labute approximate surface area is 159 Å². The highest BCUT2D eigenvalue weighted by Crippen LogP contribution is 2.43. The number of hydrogen-bond acceptors (Lipinski definition) is 5. The highest BCUT2D eigenvalue weighted by Gasteiger charge is 2.45. The van der Waals surface area contributed by atoms with Crippen LogP contribution in [0, 0.1) is 11.8 Å². The zero-order valence-electron chi connectivity index (χ0n) is 14.9. The van der Waals surface area contributed by atoms with Crippen LogP contribution >= 0.6 is 0 Å². The maximum atomic E-state index is 13.2. The lowest BCUT2D eigenvalue weighted by Crippen LogP contribution is -2.35. The van der Waals surface area contributed by atoms with Crippen molar-refractivity contribution in [3.8, 4) is 11.5 Å². The van der Waals surface area contributed by atoms with Gasteiger partial charge in [-0.25, -0.2) is 4.98 Å². The summed E-state index contributed by atoms with van der Waals surface area (Å²) in [5, 5.41) is 10.5. The Balaban J connectivity index is 1.31. The van der Waals surface area contributed by atoms with Gasteiger partial charge in [0.2, 0.25) is 0 Å². The van der Waals surface area contributed by atoms with E-state index in [0.29, 0.717) is 19.5 Å². The van der Waals surface area contributed by atoms with Crippen molar-refractivity contribution < 1.29 is 28.2 Å². The second-order valence-electron chi connectivity index (χ2n) is 7.68. The summed E-state index contributed by atoms with van der Waals surface area (Å²) in [5.74, 6) is 0.0471. The van der Waals surface area contributed by atoms with Gasteiger partial charge in [-0.1, -0.05) is 0 Å². The van der Waals surface area contributed by atoms with E-state index < -0.39 is 12.4 Å². The number of hydrogen-bond donors (Lipinski definition) is 1. The molecule has 28 heavy (non-hydrogen) atoms. The van der Waals surface area contributed by atoms with E-state index in [1.54, 1.807) is 17.4 Å². The number of carbonyl (C=O) groups is 1. The number of aliphatic hydroxyl groups excluding tert-OH is 1. The van der Waals surface area contributed by atoms with Gasteiger partial charge in [-0.05, 0) is 42.9 Å². The summed E-state index contributed by atoms with van der Waals surface area (Å²) in [6.45, 7) is 1.12. The van der Waals surface area contributed by atoms with E-state index >= 15 is 0 Å². The molecule has 2 aliphatic heterocycles. The minimum absolute atomic E-state index is 0.0495. The fourth-order valence-electron chi connectivity index (χ4n) is 4.62. The first kappa shape index (κ1) is 17.4. The molecule has 9 heteroatoms. The number of aliphatic hydroxyl groups is 1. The van der Waals surface area contributed by atoms with Crippen molar-refractivity contribution in [2.75, 3.05) is 13.1 Å². The van der Waals surface area contributed by atoms with E-state index in [2.05, 4.69) is 14.5 Å². The predicted molar refractivity (Wildman–Crippen MR) is 92.0 cm³/mol. The molecular weight excluding hydrogens is 372 g/mol. The largest absolute Gasteiger partial charge is 0.586 e. The Morgan fingerprint density at radius 2 is 1.93 bits per heavy atom. The number of amides is 1. The maximum absolute atomic E-state index is 13.2. The van der Waals surface area contributed by atoms with Gasteiger partial charge in [-0.15, -0.1) is 8.78 Å². The van der Waals surface area contributed by atoms with Crippen LogP contribution in [-0.4, -0.2) is 51.0 Å². The Kier molecular flexibility index (Phi) is 3.84. The molecule has 2 fully saturated rings. The number of imidazole rings is 1. The molecule has 3 heterocycles. The standard InChI is InChI=1S/C19H19F2N3O4/c20-19(21)27-16-2-1-11(7-17(16)28-19)18(26)24-8-12-5-14(23-4-3-22-10-23)15(25)6-13(12)9-24/h1-4,7,10,12-15,25H,5-6,8-9H2/t12-,13+,14-,15-/m1/s1. The van der Waals surface area contributed by atoms with Crippen LogP contribution in [0.3, 0.4) is 0 Å². The van der Waals surface area contributed by atoms with Crippen molar-refractivity contribution in [1.82, 2.24) is 14.5 Å². The van der Waals surface area contributed by atoms with Crippen molar-refractivity contribution in [3.63, 3.8) is 0 Å². The molecule has 1 amide bonds. The molecule has 1 N–H and O–H groups in total. The van der Waals surface area contributed by atoms with E-state index in [9.17, 15) is 18.7 Å². The molecule has 4 atom stereocenters. The number of fused-ring (bicyclic) bond motifs is 2. The lowest BCUT2D eigenvalue weighted by molar-refractivity contribution is -0.286. The van der Waals surface area contributed by atoms with Crippen molar-refractivity contribution >= 4 is 5.91 Å². The molecule has 0 radical (unpaired) electrons. The number of ether oxygens (including phenoxy) is 2. The number of rotatable bonds is 2. The first-order valence-electron chi connectivity index (χ1n) is 9.24. The van der Waals surface area contributed by atoms with E-state index in [4.69, 9.17) is 0 Å². The highest BCUT2D eigenvalue weighted by molar-refractivity contribution is 5.95. The van der Waals surface area contributed by atoms with Crippen LogP contribution in [0.2, 0.25) is 0 Å². The molecule has 0 spiro atoms. The first-order chi connectivity index (χ1) is 13.4. The van der Waals surface area contributed by atoms with Crippen LogP contribution in [-0.2, 0) is 0 Å². The van der Waals surface area contributed by atoms with E-state index in [0.717, 1.165) is 6.42 Å². The fourth-order valence-corrected chi connectivity index (χ4v) is 4.62. The molecule has 7 nitrogen and oxygen atoms in total. The topological polar surface area (TPSA) is 76.8 Å². The van der Waals surface area contributed by atoms with Crippen LogP contribution in [0.4, 0.5) is 8.78 Å². The minimum Gasteiger partial charge on any atom is -0.395 e. The summed E-state index contributed by atoms with van der Waals surface area (Å²) in [6, 6.07) is 4.04. The molecule has 3 aliphatic rings. The summed E-state index contributed by atoms with van der Waals surface area (Å²) >= 11 is 0. The number of carbonyl (C=O) groups excluding carboxylic acids is 1. The Morgan fingerprint density at radius 1 is 1.18 bits per heavy atom. The third kappa shape index (κ3) is 2.90. The van der Waals surface area contributed by atoms with Crippen molar-refractivity contribution in [2.24, 2.45) is 11.8 Å². The van der Waals surface area contributed by atoms with Crippen molar-refractivity contribution in [3.05, 3.63) is 42.5 Å². The van der Waals surface area contributed by atoms with E-state index in [-0.39, 0.29) is 40.8 Å². The predicted octanol–water partition coefficient (Wildman–Crippen LogP) is 2.29. The first-order valence-corrected chi connectivity index (χ1v) is 9.24. The number of alkyl halides is 2. The van der Waals surface area contributed by atoms with Crippen LogP contribution in [0.1, 0.15) is 29.2 Å². The molecule has 1 saturated heterocycles. The second-order valence-corrected chi connectivity index (χ2v) is 7.68. The Bertz CT molecular complexity index is 905. The Hall–Kier alpha value is -2.68. The molecule has 5 rings (SSSR count). The SMILES string of the molecule is O=C(c1ccc2c(c1)OC(F)(F)O2)N1C[C@H]2C[C@@H](n3ccnc3)[C@H](O)C[C@H]2C1. The van der Waals surface area contributed by atoms with Gasteiger partial charge in [-0.3, -0.25) is 4.79 Å². The number of benzene rings is 1. The van der Waals surface area contributed by atoms with E-state index in [1.807, 2.05) is 10.8 Å². The molecule has 2 aromatic rings. The summed E-state index contributed by atoms with van der Waals surface area (Å²) < 4.78 is 37.1. The molecule has 0 unspecified atom stereocenters. The van der Waals surface area contributed by atoms with Gasteiger partial charge in [0.1, 0.15) is 0 Å². The molecule has 0 bridgehead atoms. The van der Waals surface area contributed by atoms with Gasteiger partial charge < -0.3 is 24.0 Å². The molecule has 1 aromatic carbocycles. The number of halogens is 2. The van der Waals surface area contributed by atoms with Crippen molar-refractivity contribution in [2.45, 2.75) is 31.3 Å². The van der Waals surface area contributed by atoms with Gasteiger partial charge in [-0.2, -0.15) is 0 Å². The average Bonchev–Trinajstić information content (AvgIpc) is 3.36. The van der Waals surface area contributed by atoms with Crippen LogP contribution in [0.25, 0.3) is 0 Å². The molecular formula is C19H19F2N3O4. The van der Waals surface area contributed by atoms with Gasteiger partial charge in [0.25, 0.3) is 5.91 Å². The third-order valence-corrected chi connectivity index (χ3v) is 5.95. The van der Waals surface area contributed by atoms with Crippen molar-refractivity contribution in [1.29, 1.82) is 0 Å². The smallest absolute Gasteiger partial charge is 0.395 e.